The Balaban J connectivity index is 2.90. The molecule has 0 fully saturated rings. The zero-order valence-corrected chi connectivity index (χ0v) is 12.3. The van der Waals surface area contributed by atoms with Crippen molar-refractivity contribution >= 4 is 5.97 Å². The molecular formula is C17H24O3. The van der Waals surface area contributed by atoms with Gasteiger partial charge in [0.15, 0.2) is 0 Å². The Labute approximate surface area is 121 Å². The van der Waals surface area contributed by atoms with Crippen LogP contribution in [-0.4, -0.2) is 24.3 Å². The smallest absolute Gasteiger partial charge is 0.333 e. The Morgan fingerprint density at radius 2 is 1.95 bits per heavy atom. The molecule has 0 aliphatic rings. The minimum atomic E-state index is -0.615. The highest BCUT2D eigenvalue weighted by Crippen LogP contribution is 2.30. The highest BCUT2D eigenvalue weighted by Gasteiger charge is 2.28. The SMILES string of the molecule is C=C(C(=O)OC)[C@H](c1ccccc1)[C@H](O)CCCCC. The molecule has 1 rings (SSSR count). The van der Waals surface area contributed by atoms with Gasteiger partial charge in [-0.3, -0.25) is 0 Å². The quantitative estimate of drug-likeness (QED) is 0.449. The Kier molecular flexibility index (Phi) is 7.02. The number of esters is 1. The average Bonchev–Trinajstić information content (AvgIpc) is 2.48. The molecule has 0 radical (unpaired) electrons. The maximum absolute atomic E-state index is 11.7. The highest BCUT2D eigenvalue weighted by molar-refractivity contribution is 5.89. The van der Waals surface area contributed by atoms with Gasteiger partial charge in [0.05, 0.1) is 13.2 Å². The van der Waals surface area contributed by atoms with Crippen LogP contribution >= 0.6 is 0 Å². The number of methoxy groups -OCH3 is 1. The van der Waals surface area contributed by atoms with Gasteiger partial charge in [-0.1, -0.05) is 63.1 Å². The molecule has 0 amide bonds. The van der Waals surface area contributed by atoms with Gasteiger partial charge in [0.2, 0.25) is 0 Å². The number of hydrogen-bond acceptors (Lipinski definition) is 3. The predicted molar refractivity (Wildman–Crippen MR) is 80.5 cm³/mol. The van der Waals surface area contributed by atoms with Crippen LogP contribution < -0.4 is 0 Å². The summed E-state index contributed by atoms with van der Waals surface area (Å²) in [7, 11) is 1.33. The van der Waals surface area contributed by atoms with E-state index >= 15 is 0 Å². The van der Waals surface area contributed by atoms with E-state index in [1.165, 1.54) is 7.11 Å². The monoisotopic (exact) mass is 276 g/mol. The second kappa shape index (κ2) is 8.54. The van der Waals surface area contributed by atoms with Crippen molar-refractivity contribution in [1.29, 1.82) is 0 Å². The number of rotatable bonds is 8. The first-order valence-electron chi connectivity index (χ1n) is 7.11. The summed E-state index contributed by atoms with van der Waals surface area (Å²) in [6.45, 7) is 5.94. The molecule has 3 nitrogen and oxygen atoms in total. The molecule has 1 N–H and O–H groups in total. The van der Waals surface area contributed by atoms with Gasteiger partial charge in [-0.05, 0) is 12.0 Å². The first kappa shape index (κ1) is 16.4. The molecule has 0 aliphatic heterocycles. The second-order valence-corrected chi connectivity index (χ2v) is 4.97. The van der Waals surface area contributed by atoms with Crippen molar-refractivity contribution in [3.05, 3.63) is 48.0 Å². The molecule has 1 aromatic carbocycles. The van der Waals surface area contributed by atoms with E-state index in [2.05, 4.69) is 13.5 Å². The van der Waals surface area contributed by atoms with Gasteiger partial charge in [-0.15, -0.1) is 0 Å². The van der Waals surface area contributed by atoms with Crippen LogP contribution in [0.15, 0.2) is 42.5 Å². The Bertz CT molecular complexity index is 425. The van der Waals surface area contributed by atoms with Gasteiger partial charge >= 0.3 is 5.97 Å². The maximum Gasteiger partial charge on any atom is 0.333 e. The number of carbonyl (C=O) groups is 1. The second-order valence-electron chi connectivity index (χ2n) is 4.97. The predicted octanol–water partition coefficient (Wildman–Crippen LogP) is 3.44. The zero-order chi connectivity index (χ0) is 15.0. The topological polar surface area (TPSA) is 46.5 Å². The summed E-state index contributed by atoms with van der Waals surface area (Å²) in [5.74, 6) is -0.867. The van der Waals surface area contributed by atoms with Crippen molar-refractivity contribution < 1.29 is 14.6 Å². The fourth-order valence-corrected chi connectivity index (χ4v) is 2.34. The average molecular weight is 276 g/mol. The molecular weight excluding hydrogens is 252 g/mol. The fraction of sp³-hybridized carbons (Fsp3) is 0.471. The largest absolute Gasteiger partial charge is 0.466 e. The number of benzene rings is 1. The summed E-state index contributed by atoms with van der Waals surface area (Å²) in [5, 5.41) is 10.4. The number of hydrogen-bond donors (Lipinski definition) is 1. The van der Waals surface area contributed by atoms with Crippen LogP contribution in [0, 0.1) is 0 Å². The lowest BCUT2D eigenvalue weighted by molar-refractivity contribution is -0.136. The van der Waals surface area contributed by atoms with Gasteiger partial charge in [-0.25, -0.2) is 4.79 Å². The molecule has 110 valence electrons. The third-order valence-corrected chi connectivity index (χ3v) is 3.47. The lowest BCUT2D eigenvalue weighted by Crippen LogP contribution is -2.24. The van der Waals surface area contributed by atoms with Crippen molar-refractivity contribution in [2.24, 2.45) is 0 Å². The van der Waals surface area contributed by atoms with Crippen molar-refractivity contribution in [1.82, 2.24) is 0 Å². The van der Waals surface area contributed by atoms with Gasteiger partial charge in [0.1, 0.15) is 0 Å². The Morgan fingerprint density at radius 3 is 2.50 bits per heavy atom. The van der Waals surface area contributed by atoms with Gasteiger partial charge in [-0.2, -0.15) is 0 Å². The van der Waals surface area contributed by atoms with Crippen molar-refractivity contribution in [2.75, 3.05) is 7.11 Å². The van der Waals surface area contributed by atoms with E-state index in [-0.39, 0.29) is 0 Å². The molecule has 0 saturated carbocycles. The van der Waals surface area contributed by atoms with Gasteiger partial charge in [0.25, 0.3) is 0 Å². The van der Waals surface area contributed by atoms with Crippen LogP contribution in [0.3, 0.4) is 0 Å². The number of aliphatic hydroxyl groups is 1. The van der Waals surface area contributed by atoms with Crippen LogP contribution in [0.1, 0.15) is 44.1 Å². The maximum atomic E-state index is 11.7. The molecule has 1 aromatic rings. The number of unbranched alkanes of at least 4 members (excludes halogenated alkanes) is 2. The molecule has 0 bridgehead atoms. The lowest BCUT2D eigenvalue weighted by atomic mass is 9.85. The van der Waals surface area contributed by atoms with Crippen LogP contribution in [0.25, 0.3) is 0 Å². The fourth-order valence-electron chi connectivity index (χ4n) is 2.34. The molecule has 20 heavy (non-hydrogen) atoms. The Hall–Kier alpha value is -1.61. The van der Waals surface area contributed by atoms with Gasteiger partial charge < -0.3 is 9.84 Å². The number of carbonyl (C=O) groups excluding carboxylic acids is 1. The van der Waals surface area contributed by atoms with E-state index in [9.17, 15) is 9.90 Å². The van der Waals surface area contributed by atoms with Crippen LogP contribution in [-0.2, 0) is 9.53 Å². The van der Waals surface area contributed by atoms with E-state index in [1.807, 2.05) is 30.3 Å². The molecule has 2 atom stereocenters. The first-order chi connectivity index (χ1) is 9.61. The molecule has 3 heteroatoms. The van der Waals surface area contributed by atoms with E-state index in [0.29, 0.717) is 12.0 Å². The summed E-state index contributed by atoms with van der Waals surface area (Å²) in [6.07, 6.45) is 3.15. The summed E-state index contributed by atoms with van der Waals surface area (Å²) in [6, 6.07) is 9.51. The lowest BCUT2D eigenvalue weighted by Gasteiger charge is -2.24. The van der Waals surface area contributed by atoms with Crippen molar-refractivity contribution in [3.63, 3.8) is 0 Å². The standard InChI is InChI=1S/C17H24O3/c1-4-5-7-12-15(18)16(13(2)17(19)20-3)14-10-8-6-9-11-14/h6,8-11,15-16,18H,2,4-5,7,12H2,1,3H3/t15-,16-/m1/s1. The molecule has 0 aromatic heterocycles. The minimum absolute atomic E-state index is 0.308. The molecule has 0 unspecified atom stereocenters. The Morgan fingerprint density at radius 1 is 1.30 bits per heavy atom. The zero-order valence-electron chi connectivity index (χ0n) is 12.3. The minimum Gasteiger partial charge on any atom is -0.466 e. The van der Waals surface area contributed by atoms with Crippen molar-refractivity contribution in [2.45, 2.75) is 44.6 Å². The van der Waals surface area contributed by atoms with E-state index in [4.69, 9.17) is 4.74 Å². The summed E-state index contributed by atoms with van der Waals surface area (Å²) in [5.41, 5.74) is 1.20. The van der Waals surface area contributed by atoms with Crippen LogP contribution in [0.5, 0.6) is 0 Å². The van der Waals surface area contributed by atoms with E-state index in [0.717, 1.165) is 24.8 Å². The van der Waals surface area contributed by atoms with E-state index < -0.39 is 18.0 Å². The summed E-state index contributed by atoms with van der Waals surface area (Å²) in [4.78, 5) is 11.7. The van der Waals surface area contributed by atoms with E-state index in [1.54, 1.807) is 0 Å². The molecule has 0 heterocycles. The summed E-state index contributed by atoms with van der Waals surface area (Å²) < 4.78 is 4.74. The molecule has 0 spiro atoms. The van der Waals surface area contributed by atoms with Crippen LogP contribution in [0.4, 0.5) is 0 Å². The third kappa shape index (κ3) is 4.49. The molecule has 0 saturated heterocycles. The number of aliphatic hydroxyl groups excluding tert-OH is 1. The highest BCUT2D eigenvalue weighted by atomic mass is 16.5. The molecule has 0 aliphatic carbocycles. The first-order valence-corrected chi connectivity index (χ1v) is 7.11. The number of ether oxygens (including phenoxy) is 1. The normalized spacial score (nSPS) is 13.6. The summed E-state index contributed by atoms with van der Waals surface area (Å²) >= 11 is 0. The van der Waals surface area contributed by atoms with Crippen molar-refractivity contribution in [3.8, 4) is 0 Å². The van der Waals surface area contributed by atoms with Crippen LogP contribution in [0.2, 0.25) is 0 Å². The van der Waals surface area contributed by atoms with Gasteiger partial charge in [0, 0.05) is 11.5 Å². The third-order valence-electron chi connectivity index (χ3n) is 3.47.